The maximum absolute atomic E-state index is 5.79. The normalized spacial score (nSPS) is 14.7. The van der Waals surface area contributed by atoms with Gasteiger partial charge in [-0.05, 0) is 42.9 Å². The maximum atomic E-state index is 5.79. The van der Waals surface area contributed by atoms with Gasteiger partial charge in [-0.1, -0.05) is 32.0 Å². The Kier molecular flexibility index (Phi) is 2.53. The molecule has 2 heteroatoms. The molecule has 18 heavy (non-hydrogen) atoms. The average molecular weight is 242 g/mol. The lowest BCUT2D eigenvalue weighted by Gasteiger charge is -2.25. The van der Waals surface area contributed by atoms with Gasteiger partial charge in [0.25, 0.3) is 0 Å². The van der Waals surface area contributed by atoms with E-state index in [1.54, 1.807) is 0 Å². The fraction of sp³-hybridized carbons (Fsp3) is 0.500. The predicted octanol–water partition coefficient (Wildman–Crippen LogP) is 3.13. The number of para-hydroxylation sites is 1. The number of rotatable bonds is 3. The summed E-state index contributed by atoms with van der Waals surface area (Å²) in [4.78, 5) is 0. The molecule has 1 aliphatic heterocycles. The molecule has 1 aromatic carbocycles. The number of benzene rings is 1. The lowest BCUT2D eigenvalue weighted by Crippen LogP contribution is -2.22. The van der Waals surface area contributed by atoms with Crippen molar-refractivity contribution in [2.24, 2.45) is 5.73 Å². The molecule has 2 heterocycles. The third-order valence-corrected chi connectivity index (χ3v) is 4.48. The molecule has 0 saturated heterocycles. The Labute approximate surface area is 109 Å². The standard InChI is InChI=1S/C16H22N2/c1-11-14(16(2,3)8-9-17)13-6-4-5-12-7-10-18(11)15(12)13/h4-6H,7-10,17H2,1-3H3. The zero-order chi connectivity index (χ0) is 12.9. The van der Waals surface area contributed by atoms with Crippen LogP contribution in [0.3, 0.4) is 0 Å². The number of hydrogen-bond donors (Lipinski definition) is 1. The first kappa shape index (κ1) is 11.8. The van der Waals surface area contributed by atoms with Crippen LogP contribution < -0.4 is 5.73 Å². The molecule has 1 aliphatic rings. The van der Waals surface area contributed by atoms with Crippen LogP contribution in [0.2, 0.25) is 0 Å². The second-order valence-electron chi connectivity index (χ2n) is 6.10. The molecule has 0 amide bonds. The zero-order valence-corrected chi connectivity index (χ0v) is 11.6. The van der Waals surface area contributed by atoms with Gasteiger partial charge in [0.1, 0.15) is 0 Å². The van der Waals surface area contributed by atoms with Gasteiger partial charge in [0.15, 0.2) is 0 Å². The molecule has 0 aliphatic carbocycles. The number of hydrogen-bond acceptors (Lipinski definition) is 1. The molecule has 0 fully saturated rings. The summed E-state index contributed by atoms with van der Waals surface area (Å²) >= 11 is 0. The van der Waals surface area contributed by atoms with Crippen molar-refractivity contribution in [2.45, 2.75) is 45.6 Å². The second kappa shape index (κ2) is 3.86. The van der Waals surface area contributed by atoms with Gasteiger partial charge in [0.05, 0.1) is 5.52 Å². The van der Waals surface area contributed by atoms with Gasteiger partial charge < -0.3 is 10.3 Å². The molecule has 0 bridgehead atoms. The highest BCUT2D eigenvalue weighted by atomic mass is 15.0. The molecule has 2 nitrogen and oxygen atoms in total. The Morgan fingerprint density at radius 2 is 2.11 bits per heavy atom. The van der Waals surface area contributed by atoms with Crippen LogP contribution in [0.4, 0.5) is 0 Å². The SMILES string of the molecule is Cc1c(C(C)(C)CCN)c2cccc3c2n1CC3. The summed E-state index contributed by atoms with van der Waals surface area (Å²) in [5.74, 6) is 0. The van der Waals surface area contributed by atoms with Crippen molar-refractivity contribution >= 4 is 10.9 Å². The summed E-state index contributed by atoms with van der Waals surface area (Å²) in [5, 5.41) is 1.45. The molecule has 0 radical (unpaired) electrons. The van der Waals surface area contributed by atoms with E-state index in [1.807, 2.05) is 0 Å². The van der Waals surface area contributed by atoms with E-state index in [4.69, 9.17) is 5.73 Å². The Morgan fingerprint density at radius 1 is 1.33 bits per heavy atom. The van der Waals surface area contributed by atoms with Crippen LogP contribution in [-0.2, 0) is 18.4 Å². The van der Waals surface area contributed by atoms with Gasteiger partial charge in [0.2, 0.25) is 0 Å². The quantitative estimate of drug-likeness (QED) is 0.880. The average Bonchev–Trinajstić information content (AvgIpc) is 2.84. The fourth-order valence-electron chi connectivity index (χ4n) is 3.66. The summed E-state index contributed by atoms with van der Waals surface area (Å²) in [6.45, 7) is 8.79. The third kappa shape index (κ3) is 1.45. The summed E-state index contributed by atoms with van der Waals surface area (Å²) < 4.78 is 2.50. The van der Waals surface area contributed by atoms with Crippen molar-refractivity contribution < 1.29 is 0 Å². The number of nitrogens with two attached hydrogens (primary N) is 1. The van der Waals surface area contributed by atoms with Crippen LogP contribution in [-0.4, -0.2) is 11.1 Å². The van der Waals surface area contributed by atoms with Crippen molar-refractivity contribution in [2.75, 3.05) is 6.54 Å². The van der Waals surface area contributed by atoms with Gasteiger partial charge in [-0.25, -0.2) is 0 Å². The lowest BCUT2D eigenvalue weighted by molar-refractivity contribution is 0.486. The molecule has 2 aromatic rings. The summed E-state index contributed by atoms with van der Waals surface area (Å²) in [6, 6.07) is 6.75. The number of aryl methyl sites for hydroxylation is 2. The third-order valence-electron chi connectivity index (χ3n) is 4.48. The van der Waals surface area contributed by atoms with Crippen molar-refractivity contribution in [1.82, 2.24) is 4.57 Å². The molecular formula is C16H22N2. The molecule has 0 unspecified atom stereocenters. The van der Waals surface area contributed by atoms with Crippen molar-refractivity contribution in [3.63, 3.8) is 0 Å². The predicted molar refractivity (Wildman–Crippen MR) is 77.1 cm³/mol. The minimum absolute atomic E-state index is 0.165. The summed E-state index contributed by atoms with van der Waals surface area (Å²) in [5.41, 5.74) is 11.9. The number of aromatic nitrogens is 1. The zero-order valence-electron chi connectivity index (χ0n) is 11.6. The van der Waals surface area contributed by atoms with Gasteiger partial charge in [-0.3, -0.25) is 0 Å². The van der Waals surface area contributed by atoms with Crippen LogP contribution in [0.1, 0.15) is 37.1 Å². The summed E-state index contributed by atoms with van der Waals surface area (Å²) in [7, 11) is 0. The first-order chi connectivity index (χ1) is 8.56. The van der Waals surface area contributed by atoms with Crippen molar-refractivity contribution in [3.05, 3.63) is 35.0 Å². The summed E-state index contributed by atoms with van der Waals surface area (Å²) in [6.07, 6.45) is 2.22. The smallest absolute Gasteiger partial charge is 0.0518 e. The molecule has 96 valence electrons. The minimum Gasteiger partial charge on any atom is -0.344 e. The molecule has 3 rings (SSSR count). The Hall–Kier alpha value is -1.28. The van der Waals surface area contributed by atoms with Crippen LogP contribution in [0.5, 0.6) is 0 Å². The molecule has 0 saturated carbocycles. The highest BCUT2D eigenvalue weighted by molar-refractivity contribution is 5.90. The van der Waals surface area contributed by atoms with E-state index in [9.17, 15) is 0 Å². The van der Waals surface area contributed by atoms with E-state index in [-0.39, 0.29) is 5.41 Å². The van der Waals surface area contributed by atoms with E-state index >= 15 is 0 Å². The first-order valence-electron chi connectivity index (χ1n) is 6.87. The van der Waals surface area contributed by atoms with Crippen LogP contribution in [0.25, 0.3) is 10.9 Å². The Bertz CT molecular complexity index is 605. The Balaban J connectivity index is 2.31. The van der Waals surface area contributed by atoms with Gasteiger partial charge in [-0.2, -0.15) is 0 Å². The van der Waals surface area contributed by atoms with Gasteiger partial charge >= 0.3 is 0 Å². The highest BCUT2D eigenvalue weighted by Gasteiger charge is 2.29. The largest absolute Gasteiger partial charge is 0.344 e. The molecular weight excluding hydrogens is 220 g/mol. The first-order valence-corrected chi connectivity index (χ1v) is 6.87. The van der Waals surface area contributed by atoms with E-state index in [0.29, 0.717) is 0 Å². The van der Waals surface area contributed by atoms with E-state index in [2.05, 4.69) is 43.5 Å². The van der Waals surface area contributed by atoms with Crippen molar-refractivity contribution in [1.29, 1.82) is 0 Å². The monoisotopic (exact) mass is 242 g/mol. The van der Waals surface area contributed by atoms with Crippen LogP contribution >= 0.6 is 0 Å². The second-order valence-corrected chi connectivity index (χ2v) is 6.10. The van der Waals surface area contributed by atoms with E-state index in [0.717, 1.165) is 19.5 Å². The number of nitrogens with zero attached hydrogens (tertiary/aromatic N) is 1. The minimum atomic E-state index is 0.165. The van der Waals surface area contributed by atoms with Crippen molar-refractivity contribution in [3.8, 4) is 0 Å². The van der Waals surface area contributed by atoms with Gasteiger partial charge in [0, 0.05) is 17.6 Å². The fourth-order valence-corrected chi connectivity index (χ4v) is 3.66. The maximum Gasteiger partial charge on any atom is 0.0518 e. The van der Waals surface area contributed by atoms with E-state index in [1.165, 1.54) is 34.1 Å². The van der Waals surface area contributed by atoms with Crippen LogP contribution in [0.15, 0.2) is 18.2 Å². The lowest BCUT2D eigenvalue weighted by atomic mass is 9.79. The molecule has 1 aromatic heterocycles. The molecule has 0 atom stereocenters. The Morgan fingerprint density at radius 3 is 2.83 bits per heavy atom. The topological polar surface area (TPSA) is 30.9 Å². The molecule has 0 spiro atoms. The molecule has 2 N–H and O–H groups in total. The van der Waals surface area contributed by atoms with Gasteiger partial charge in [-0.15, -0.1) is 0 Å². The highest BCUT2D eigenvalue weighted by Crippen LogP contribution is 2.40. The van der Waals surface area contributed by atoms with E-state index < -0.39 is 0 Å². The van der Waals surface area contributed by atoms with Crippen LogP contribution in [0, 0.1) is 6.92 Å².